The number of fused-ring (bicyclic) bond motifs is 1. The molecular formula is C12H14N6OS. The normalized spacial score (nSPS) is 20.1. The van der Waals surface area contributed by atoms with E-state index in [0.717, 1.165) is 18.1 Å². The summed E-state index contributed by atoms with van der Waals surface area (Å²) in [6.45, 7) is 4.70. The molecule has 2 aromatic heterocycles. The van der Waals surface area contributed by atoms with Crippen molar-refractivity contribution in [3.8, 4) is 6.07 Å². The highest BCUT2D eigenvalue weighted by Gasteiger charge is 2.23. The van der Waals surface area contributed by atoms with E-state index < -0.39 is 0 Å². The van der Waals surface area contributed by atoms with E-state index in [9.17, 15) is 4.79 Å². The molecule has 1 atom stereocenters. The average molecular weight is 290 g/mol. The predicted molar refractivity (Wildman–Crippen MR) is 74.6 cm³/mol. The molecule has 0 aliphatic carbocycles. The van der Waals surface area contributed by atoms with Crippen LogP contribution in [-0.4, -0.2) is 45.2 Å². The standard InChI is InChI=1S/C12H14N6OS/c1-8-4-11(19)18-12(15-8)20-10(16-18)7-17-3-2-14-6-9(17)5-13/h4,9,14H,2-3,6-7H2,1H3. The van der Waals surface area contributed by atoms with Gasteiger partial charge in [0.05, 0.1) is 12.6 Å². The molecular weight excluding hydrogens is 276 g/mol. The summed E-state index contributed by atoms with van der Waals surface area (Å²) in [5, 5.41) is 17.5. The molecule has 8 heteroatoms. The fourth-order valence-corrected chi connectivity index (χ4v) is 3.23. The molecule has 0 saturated carbocycles. The first kappa shape index (κ1) is 13.2. The molecule has 1 N–H and O–H groups in total. The van der Waals surface area contributed by atoms with Crippen molar-refractivity contribution in [2.45, 2.75) is 19.5 Å². The molecule has 1 saturated heterocycles. The Morgan fingerprint density at radius 2 is 2.50 bits per heavy atom. The largest absolute Gasteiger partial charge is 0.313 e. The van der Waals surface area contributed by atoms with Gasteiger partial charge in [-0.25, -0.2) is 4.98 Å². The second-order valence-electron chi connectivity index (χ2n) is 4.75. The molecule has 0 bridgehead atoms. The number of hydrogen-bond acceptors (Lipinski definition) is 7. The van der Waals surface area contributed by atoms with E-state index in [1.54, 1.807) is 6.92 Å². The SMILES string of the molecule is Cc1cc(=O)n2nc(CN3CCNCC3C#N)sc2n1. The summed E-state index contributed by atoms with van der Waals surface area (Å²) in [6, 6.07) is 3.61. The molecule has 0 amide bonds. The van der Waals surface area contributed by atoms with Crippen LogP contribution in [-0.2, 0) is 6.54 Å². The molecule has 0 aromatic carbocycles. The second-order valence-corrected chi connectivity index (χ2v) is 5.79. The highest BCUT2D eigenvalue weighted by atomic mass is 32.1. The van der Waals surface area contributed by atoms with Gasteiger partial charge in [-0.2, -0.15) is 14.9 Å². The van der Waals surface area contributed by atoms with Crippen LogP contribution < -0.4 is 10.9 Å². The Morgan fingerprint density at radius 1 is 1.65 bits per heavy atom. The molecule has 3 rings (SSSR count). The van der Waals surface area contributed by atoms with Crippen LogP contribution >= 0.6 is 11.3 Å². The average Bonchev–Trinajstić information content (AvgIpc) is 2.82. The molecule has 0 radical (unpaired) electrons. The maximum Gasteiger partial charge on any atom is 0.275 e. The second kappa shape index (κ2) is 5.28. The number of aryl methyl sites for hydroxylation is 1. The quantitative estimate of drug-likeness (QED) is 0.821. The fraction of sp³-hybridized carbons (Fsp3) is 0.500. The van der Waals surface area contributed by atoms with E-state index in [4.69, 9.17) is 5.26 Å². The van der Waals surface area contributed by atoms with Gasteiger partial charge in [0, 0.05) is 31.4 Å². The van der Waals surface area contributed by atoms with Crippen molar-refractivity contribution in [1.82, 2.24) is 24.8 Å². The zero-order valence-corrected chi connectivity index (χ0v) is 11.9. The summed E-state index contributed by atoms with van der Waals surface area (Å²) in [5.74, 6) is 0. The molecule has 2 aromatic rings. The molecule has 1 aliphatic rings. The fourth-order valence-electron chi connectivity index (χ4n) is 2.26. The van der Waals surface area contributed by atoms with Gasteiger partial charge in [0.1, 0.15) is 11.0 Å². The lowest BCUT2D eigenvalue weighted by Gasteiger charge is -2.30. The topological polar surface area (TPSA) is 86.3 Å². The summed E-state index contributed by atoms with van der Waals surface area (Å²) in [5.41, 5.74) is 0.536. The van der Waals surface area contributed by atoms with Gasteiger partial charge in [-0.1, -0.05) is 11.3 Å². The molecule has 1 aliphatic heterocycles. The van der Waals surface area contributed by atoms with Crippen molar-refractivity contribution >= 4 is 16.3 Å². The van der Waals surface area contributed by atoms with E-state index >= 15 is 0 Å². The van der Waals surface area contributed by atoms with Gasteiger partial charge < -0.3 is 5.32 Å². The van der Waals surface area contributed by atoms with Crippen LogP contribution in [0.4, 0.5) is 0 Å². The zero-order chi connectivity index (χ0) is 14.1. The Hall–Kier alpha value is -1.82. The van der Waals surface area contributed by atoms with Gasteiger partial charge in [-0.15, -0.1) is 0 Å². The van der Waals surface area contributed by atoms with E-state index in [1.807, 2.05) is 0 Å². The van der Waals surface area contributed by atoms with Crippen molar-refractivity contribution < 1.29 is 0 Å². The Bertz CT molecular complexity index is 730. The van der Waals surface area contributed by atoms with Crippen LogP contribution in [0.1, 0.15) is 10.7 Å². The number of hydrogen-bond donors (Lipinski definition) is 1. The summed E-state index contributed by atoms with van der Waals surface area (Å²) in [4.78, 5) is 18.8. The number of rotatable bonds is 2. The number of piperazine rings is 1. The molecule has 20 heavy (non-hydrogen) atoms. The summed E-state index contributed by atoms with van der Waals surface area (Å²) < 4.78 is 1.33. The Morgan fingerprint density at radius 3 is 3.30 bits per heavy atom. The van der Waals surface area contributed by atoms with Crippen LogP contribution in [0.5, 0.6) is 0 Å². The third-order valence-electron chi connectivity index (χ3n) is 3.26. The van der Waals surface area contributed by atoms with Crippen molar-refractivity contribution in [2.75, 3.05) is 19.6 Å². The summed E-state index contributed by atoms with van der Waals surface area (Å²) in [7, 11) is 0. The molecule has 1 unspecified atom stereocenters. The first-order chi connectivity index (χ1) is 9.67. The third-order valence-corrected chi connectivity index (χ3v) is 4.15. The first-order valence-electron chi connectivity index (χ1n) is 6.38. The predicted octanol–water partition coefficient (Wildman–Crippen LogP) is -0.243. The molecule has 3 heterocycles. The maximum atomic E-state index is 11.8. The van der Waals surface area contributed by atoms with Gasteiger partial charge in [0.25, 0.3) is 5.56 Å². The van der Waals surface area contributed by atoms with E-state index in [1.165, 1.54) is 21.9 Å². The highest BCUT2D eigenvalue weighted by molar-refractivity contribution is 7.16. The minimum absolute atomic E-state index is 0.151. The smallest absolute Gasteiger partial charge is 0.275 e. The number of nitriles is 1. The van der Waals surface area contributed by atoms with Crippen molar-refractivity contribution in [3.63, 3.8) is 0 Å². The van der Waals surface area contributed by atoms with Crippen LogP contribution in [0.2, 0.25) is 0 Å². The Labute approximate surface area is 119 Å². The number of nitrogens with zero attached hydrogens (tertiary/aromatic N) is 5. The lowest BCUT2D eigenvalue weighted by atomic mass is 10.2. The lowest BCUT2D eigenvalue weighted by molar-refractivity contribution is 0.188. The number of nitrogens with one attached hydrogen (secondary N) is 1. The number of aromatic nitrogens is 3. The maximum absolute atomic E-state index is 11.8. The molecule has 7 nitrogen and oxygen atoms in total. The van der Waals surface area contributed by atoms with Gasteiger partial charge in [0.2, 0.25) is 4.96 Å². The highest BCUT2D eigenvalue weighted by Crippen LogP contribution is 2.15. The zero-order valence-electron chi connectivity index (χ0n) is 11.0. The summed E-state index contributed by atoms with van der Waals surface area (Å²) in [6.07, 6.45) is 0. The van der Waals surface area contributed by atoms with Crippen LogP contribution in [0.3, 0.4) is 0 Å². The van der Waals surface area contributed by atoms with Gasteiger partial charge >= 0.3 is 0 Å². The van der Waals surface area contributed by atoms with Crippen LogP contribution in [0.25, 0.3) is 4.96 Å². The third kappa shape index (κ3) is 2.43. The van der Waals surface area contributed by atoms with Gasteiger partial charge in [0.15, 0.2) is 0 Å². The lowest BCUT2D eigenvalue weighted by Crippen LogP contribution is -2.49. The minimum Gasteiger partial charge on any atom is -0.313 e. The van der Waals surface area contributed by atoms with Crippen LogP contribution in [0, 0.1) is 18.3 Å². The molecule has 1 fully saturated rings. The molecule has 104 valence electrons. The molecule has 0 spiro atoms. The van der Waals surface area contributed by atoms with Crippen LogP contribution in [0.15, 0.2) is 10.9 Å². The first-order valence-corrected chi connectivity index (χ1v) is 7.20. The van der Waals surface area contributed by atoms with E-state index in [2.05, 4.69) is 26.4 Å². The monoisotopic (exact) mass is 290 g/mol. The summed E-state index contributed by atoms with van der Waals surface area (Å²) >= 11 is 1.40. The Balaban J connectivity index is 1.89. The van der Waals surface area contributed by atoms with E-state index in [-0.39, 0.29) is 11.6 Å². The van der Waals surface area contributed by atoms with Crippen molar-refractivity contribution in [1.29, 1.82) is 5.26 Å². The minimum atomic E-state index is -0.160. The Kier molecular flexibility index (Phi) is 3.48. The van der Waals surface area contributed by atoms with Gasteiger partial charge in [-0.05, 0) is 6.92 Å². The van der Waals surface area contributed by atoms with E-state index in [0.29, 0.717) is 23.7 Å². The van der Waals surface area contributed by atoms with Crippen molar-refractivity contribution in [3.05, 3.63) is 27.1 Å². The van der Waals surface area contributed by atoms with Gasteiger partial charge in [-0.3, -0.25) is 9.69 Å². The van der Waals surface area contributed by atoms with Crippen molar-refractivity contribution in [2.24, 2.45) is 0 Å².